The van der Waals surface area contributed by atoms with Gasteiger partial charge in [0.15, 0.2) is 0 Å². The Kier molecular flexibility index (Phi) is 4.69. The molecule has 6 nitrogen and oxygen atoms in total. The first-order valence-corrected chi connectivity index (χ1v) is 8.56. The van der Waals surface area contributed by atoms with E-state index in [0.717, 1.165) is 30.8 Å². The molecule has 3 rings (SSSR count). The number of anilines is 1. The number of carbonyl (C=O) groups excluding carboxylic acids is 2. The predicted molar refractivity (Wildman–Crippen MR) is 94.5 cm³/mol. The van der Waals surface area contributed by atoms with Crippen molar-refractivity contribution in [1.29, 1.82) is 0 Å². The van der Waals surface area contributed by atoms with Crippen LogP contribution in [-0.2, 0) is 4.79 Å². The lowest BCUT2D eigenvalue weighted by molar-refractivity contribution is -0.142. The van der Waals surface area contributed by atoms with Crippen molar-refractivity contribution in [2.45, 2.75) is 19.9 Å². The average molecular weight is 351 g/mol. The van der Waals surface area contributed by atoms with Gasteiger partial charge < -0.3 is 15.1 Å². The number of piperazine rings is 2. The maximum Gasteiger partial charge on any atom is 0.322 e. The second-order valence-electron chi connectivity index (χ2n) is 6.63. The molecule has 3 amide bonds. The number of halogens is 1. The van der Waals surface area contributed by atoms with Gasteiger partial charge in [-0.3, -0.25) is 9.69 Å². The third-order valence-corrected chi connectivity index (χ3v) is 5.12. The molecular formula is C17H23ClN4O2. The minimum atomic E-state index is -0.238. The Morgan fingerprint density at radius 1 is 1.21 bits per heavy atom. The Morgan fingerprint density at radius 3 is 2.62 bits per heavy atom. The molecule has 1 atom stereocenters. The van der Waals surface area contributed by atoms with E-state index in [0.29, 0.717) is 23.8 Å². The smallest absolute Gasteiger partial charge is 0.322 e. The lowest BCUT2D eigenvalue weighted by Crippen LogP contribution is -2.65. The molecule has 0 bridgehead atoms. The number of carbonyl (C=O) groups is 2. The molecule has 2 aliphatic rings. The lowest BCUT2D eigenvalue weighted by Gasteiger charge is -2.45. The molecule has 130 valence electrons. The number of hydrogen-bond donors (Lipinski definition) is 1. The van der Waals surface area contributed by atoms with Crippen LogP contribution in [0.15, 0.2) is 12.1 Å². The minimum Gasteiger partial charge on any atom is -0.343 e. The van der Waals surface area contributed by atoms with E-state index in [1.54, 1.807) is 9.80 Å². The number of likely N-dealkylation sites (N-methyl/N-ethyl adjacent to an activating group) is 1. The highest BCUT2D eigenvalue weighted by molar-refractivity contribution is 6.34. The summed E-state index contributed by atoms with van der Waals surface area (Å²) >= 11 is 6.27. The fourth-order valence-corrected chi connectivity index (χ4v) is 3.78. The van der Waals surface area contributed by atoms with Crippen LogP contribution >= 0.6 is 11.6 Å². The number of nitrogens with one attached hydrogen (secondary N) is 1. The summed E-state index contributed by atoms with van der Waals surface area (Å²) in [7, 11) is 1.81. The average Bonchev–Trinajstić information content (AvgIpc) is 2.54. The van der Waals surface area contributed by atoms with Crippen molar-refractivity contribution in [3.8, 4) is 0 Å². The zero-order chi connectivity index (χ0) is 17.4. The van der Waals surface area contributed by atoms with Crippen molar-refractivity contribution in [3.05, 3.63) is 28.3 Å². The fraction of sp³-hybridized carbons (Fsp3) is 0.529. The normalized spacial score (nSPS) is 21.7. The van der Waals surface area contributed by atoms with Crippen LogP contribution in [0.2, 0.25) is 5.02 Å². The number of hydrogen-bond acceptors (Lipinski definition) is 3. The van der Waals surface area contributed by atoms with Gasteiger partial charge in [-0.15, -0.1) is 0 Å². The first-order valence-electron chi connectivity index (χ1n) is 8.18. The predicted octanol–water partition coefficient (Wildman–Crippen LogP) is 1.95. The molecule has 0 spiro atoms. The van der Waals surface area contributed by atoms with E-state index in [9.17, 15) is 9.59 Å². The molecule has 2 aliphatic heterocycles. The Balaban J connectivity index is 1.71. The quantitative estimate of drug-likeness (QED) is 0.842. The van der Waals surface area contributed by atoms with E-state index in [1.165, 1.54) is 0 Å². The number of rotatable bonds is 1. The number of amides is 3. The third-order valence-electron chi connectivity index (χ3n) is 4.83. The van der Waals surface area contributed by atoms with E-state index >= 15 is 0 Å². The van der Waals surface area contributed by atoms with Gasteiger partial charge >= 0.3 is 6.03 Å². The summed E-state index contributed by atoms with van der Waals surface area (Å²) in [6.07, 6.45) is 0. The lowest BCUT2D eigenvalue weighted by atomic mass is 10.1. The molecule has 1 unspecified atom stereocenters. The van der Waals surface area contributed by atoms with Crippen molar-refractivity contribution in [2.75, 3.05) is 45.1 Å². The highest BCUT2D eigenvalue weighted by Gasteiger charge is 2.38. The standard InChI is InChI=1S/C17H23ClN4O2/c1-11-8-12(2)15(13(18)9-11)19-17(24)22-7-6-21-5-4-20(3)16(23)14(21)10-22/h8-9,14H,4-7,10H2,1-3H3,(H,19,24). The molecule has 0 radical (unpaired) electrons. The van der Waals surface area contributed by atoms with Gasteiger partial charge in [-0.1, -0.05) is 17.7 Å². The van der Waals surface area contributed by atoms with Gasteiger partial charge in [0.05, 0.1) is 10.7 Å². The highest BCUT2D eigenvalue weighted by atomic mass is 35.5. The largest absolute Gasteiger partial charge is 0.343 e. The van der Waals surface area contributed by atoms with Gasteiger partial charge in [0, 0.05) is 39.8 Å². The van der Waals surface area contributed by atoms with Crippen LogP contribution in [-0.4, -0.2) is 72.5 Å². The molecule has 1 aromatic carbocycles. The van der Waals surface area contributed by atoms with Gasteiger partial charge in [0.2, 0.25) is 5.91 Å². The second kappa shape index (κ2) is 6.61. The van der Waals surface area contributed by atoms with Crippen molar-refractivity contribution in [2.24, 2.45) is 0 Å². The van der Waals surface area contributed by atoms with Gasteiger partial charge in [-0.05, 0) is 31.0 Å². The Bertz CT molecular complexity index is 656. The highest BCUT2D eigenvalue weighted by Crippen LogP contribution is 2.28. The van der Waals surface area contributed by atoms with Crippen LogP contribution in [0.4, 0.5) is 10.5 Å². The SMILES string of the molecule is Cc1cc(C)c(NC(=O)N2CCN3CCN(C)C(=O)C3C2)c(Cl)c1. The summed E-state index contributed by atoms with van der Waals surface area (Å²) < 4.78 is 0. The van der Waals surface area contributed by atoms with Crippen molar-refractivity contribution < 1.29 is 9.59 Å². The second-order valence-corrected chi connectivity index (χ2v) is 7.03. The fourth-order valence-electron chi connectivity index (χ4n) is 3.41. The van der Waals surface area contributed by atoms with Crippen LogP contribution in [0.3, 0.4) is 0 Å². The first kappa shape index (κ1) is 17.0. The van der Waals surface area contributed by atoms with Crippen LogP contribution in [0.1, 0.15) is 11.1 Å². The first-order chi connectivity index (χ1) is 11.4. The third kappa shape index (κ3) is 3.21. The molecule has 1 aromatic rings. The molecule has 2 fully saturated rings. The summed E-state index contributed by atoms with van der Waals surface area (Å²) in [6, 6.07) is 3.38. The van der Waals surface area contributed by atoms with Gasteiger partial charge in [-0.25, -0.2) is 4.79 Å². The summed E-state index contributed by atoms with van der Waals surface area (Å²) in [6.45, 7) is 7.25. The Labute approximate surface area is 147 Å². The van der Waals surface area contributed by atoms with Crippen LogP contribution < -0.4 is 5.32 Å². The van der Waals surface area contributed by atoms with E-state index < -0.39 is 0 Å². The Morgan fingerprint density at radius 2 is 1.92 bits per heavy atom. The zero-order valence-corrected chi connectivity index (χ0v) is 15.1. The van der Waals surface area contributed by atoms with Crippen LogP contribution in [0.5, 0.6) is 0 Å². The topological polar surface area (TPSA) is 55.9 Å². The molecule has 1 N–H and O–H groups in total. The van der Waals surface area contributed by atoms with Gasteiger partial charge in [0.25, 0.3) is 0 Å². The van der Waals surface area contributed by atoms with Crippen LogP contribution in [0, 0.1) is 13.8 Å². The molecule has 7 heteroatoms. The van der Waals surface area contributed by atoms with E-state index in [2.05, 4.69) is 10.2 Å². The van der Waals surface area contributed by atoms with Crippen molar-refractivity contribution >= 4 is 29.2 Å². The monoisotopic (exact) mass is 350 g/mol. The zero-order valence-electron chi connectivity index (χ0n) is 14.3. The number of fused-ring (bicyclic) bond motifs is 1. The molecule has 0 aromatic heterocycles. The molecule has 2 saturated heterocycles. The molecule has 24 heavy (non-hydrogen) atoms. The number of benzene rings is 1. The molecule has 0 aliphatic carbocycles. The van der Waals surface area contributed by atoms with Crippen molar-refractivity contribution in [3.63, 3.8) is 0 Å². The van der Waals surface area contributed by atoms with Crippen LogP contribution in [0.25, 0.3) is 0 Å². The minimum absolute atomic E-state index is 0.0864. The molecule has 2 heterocycles. The van der Waals surface area contributed by atoms with E-state index in [1.807, 2.05) is 33.0 Å². The maximum atomic E-state index is 12.6. The summed E-state index contributed by atoms with van der Waals surface area (Å²) in [5.74, 6) is 0.0864. The van der Waals surface area contributed by atoms with E-state index in [4.69, 9.17) is 11.6 Å². The van der Waals surface area contributed by atoms with Gasteiger partial charge in [-0.2, -0.15) is 0 Å². The molecule has 0 saturated carbocycles. The summed E-state index contributed by atoms with van der Waals surface area (Å²) in [5.41, 5.74) is 2.63. The van der Waals surface area contributed by atoms with Gasteiger partial charge in [0.1, 0.15) is 6.04 Å². The maximum absolute atomic E-state index is 12.6. The summed E-state index contributed by atoms with van der Waals surface area (Å²) in [4.78, 5) is 30.6. The number of aryl methyl sites for hydroxylation is 2. The Hall–Kier alpha value is -1.79. The molecular weight excluding hydrogens is 328 g/mol. The number of nitrogens with zero attached hydrogens (tertiary/aromatic N) is 3. The summed E-state index contributed by atoms with van der Waals surface area (Å²) in [5, 5.41) is 3.44. The van der Waals surface area contributed by atoms with E-state index in [-0.39, 0.29) is 18.0 Å². The number of urea groups is 1. The van der Waals surface area contributed by atoms with Crippen molar-refractivity contribution in [1.82, 2.24) is 14.7 Å².